The minimum Gasteiger partial charge on any atom is -0.494 e. The van der Waals surface area contributed by atoms with E-state index in [0.717, 1.165) is 29.8 Å². The summed E-state index contributed by atoms with van der Waals surface area (Å²) in [7, 11) is 0. The van der Waals surface area contributed by atoms with Crippen LogP contribution in [0.25, 0.3) is 6.08 Å². The molecule has 0 fully saturated rings. The van der Waals surface area contributed by atoms with Crippen molar-refractivity contribution in [2.75, 3.05) is 19.8 Å². The van der Waals surface area contributed by atoms with Crippen LogP contribution < -0.4 is 24.4 Å². The number of fused-ring (bicyclic) bond motifs is 1. The zero-order valence-corrected chi connectivity index (χ0v) is 26.0. The van der Waals surface area contributed by atoms with Crippen molar-refractivity contribution < 1.29 is 19.0 Å². The van der Waals surface area contributed by atoms with Crippen LogP contribution >= 0.6 is 56.5 Å². The first-order valence-electron chi connectivity index (χ1n) is 11.8. The van der Waals surface area contributed by atoms with Crippen molar-refractivity contribution in [1.82, 2.24) is 4.57 Å². The van der Waals surface area contributed by atoms with Crippen molar-refractivity contribution in [3.63, 3.8) is 0 Å². The van der Waals surface area contributed by atoms with Crippen LogP contribution in [0.4, 0.5) is 0 Å². The van der Waals surface area contributed by atoms with Gasteiger partial charge in [-0.15, -0.1) is 0 Å². The summed E-state index contributed by atoms with van der Waals surface area (Å²) in [5.74, 6) is 1.08. The molecule has 2 aromatic carbocycles. The Morgan fingerprint density at radius 2 is 1.70 bits per heavy atom. The summed E-state index contributed by atoms with van der Waals surface area (Å²) in [4.78, 5) is 32.0. The van der Waals surface area contributed by atoms with Gasteiger partial charge in [0.25, 0.3) is 5.56 Å². The highest BCUT2D eigenvalue weighted by molar-refractivity contribution is 14.1. The Morgan fingerprint density at radius 1 is 1.05 bits per heavy atom. The van der Waals surface area contributed by atoms with Gasteiger partial charge in [0.1, 0.15) is 11.5 Å². The summed E-state index contributed by atoms with van der Waals surface area (Å²) in [6, 6.07) is 10.8. The maximum atomic E-state index is 13.8. The lowest BCUT2D eigenvalue weighted by atomic mass is 9.96. The minimum absolute atomic E-state index is 0.212. The van der Waals surface area contributed by atoms with E-state index in [9.17, 15) is 9.59 Å². The number of benzene rings is 2. The Balaban J connectivity index is 1.89. The van der Waals surface area contributed by atoms with Crippen LogP contribution in [0.1, 0.15) is 44.9 Å². The van der Waals surface area contributed by atoms with E-state index in [4.69, 9.17) is 14.2 Å². The third-order valence-electron chi connectivity index (χ3n) is 5.63. The Labute approximate surface area is 246 Å². The van der Waals surface area contributed by atoms with Gasteiger partial charge >= 0.3 is 5.97 Å². The molecule has 0 saturated heterocycles. The van der Waals surface area contributed by atoms with Gasteiger partial charge in [-0.2, -0.15) is 0 Å². The molecule has 194 valence electrons. The molecule has 10 heteroatoms. The number of allylic oxidation sites excluding steroid dienone is 1. The number of aromatic nitrogens is 1. The molecule has 3 aromatic rings. The van der Waals surface area contributed by atoms with E-state index < -0.39 is 12.0 Å². The number of rotatable bonds is 8. The number of carbonyl (C=O) groups is 1. The van der Waals surface area contributed by atoms with Crippen molar-refractivity contribution in [1.29, 1.82) is 0 Å². The SMILES string of the molecule is CCOC(=O)C1=C(C)N=c2s/c(=C\c3cc(I)c(OCC)c(I)c3)c(=O)n2[C@H]1c1ccc(OCC)cc1. The lowest BCUT2D eigenvalue weighted by Gasteiger charge is -2.24. The number of ether oxygens (including phenoxy) is 3. The average Bonchev–Trinajstić information content (AvgIpc) is 3.15. The molecule has 2 heterocycles. The number of esters is 1. The number of hydrogen-bond acceptors (Lipinski definition) is 7. The minimum atomic E-state index is -0.659. The lowest BCUT2D eigenvalue weighted by molar-refractivity contribution is -0.139. The fraction of sp³-hybridized carbons (Fsp3) is 0.296. The maximum Gasteiger partial charge on any atom is 0.338 e. The first-order valence-corrected chi connectivity index (χ1v) is 14.8. The second kappa shape index (κ2) is 12.1. The Bertz CT molecular complexity index is 1520. The molecule has 1 aliphatic rings. The van der Waals surface area contributed by atoms with E-state index in [1.807, 2.05) is 56.3 Å². The van der Waals surface area contributed by atoms with E-state index in [0.29, 0.717) is 33.8 Å². The smallest absolute Gasteiger partial charge is 0.338 e. The molecule has 1 aromatic heterocycles. The van der Waals surface area contributed by atoms with Gasteiger partial charge in [-0.3, -0.25) is 9.36 Å². The van der Waals surface area contributed by atoms with Crippen LogP contribution in [0.15, 0.2) is 57.5 Å². The molecule has 1 aliphatic heterocycles. The topological polar surface area (TPSA) is 79.1 Å². The Kier molecular flexibility index (Phi) is 9.11. The summed E-state index contributed by atoms with van der Waals surface area (Å²) in [5, 5.41) is 0. The van der Waals surface area contributed by atoms with E-state index in [-0.39, 0.29) is 12.2 Å². The van der Waals surface area contributed by atoms with Crippen LogP contribution in [0, 0.1) is 7.14 Å². The summed E-state index contributed by atoms with van der Waals surface area (Å²) >= 11 is 5.80. The first kappa shape index (κ1) is 27.8. The largest absolute Gasteiger partial charge is 0.494 e. The van der Waals surface area contributed by atoms with Crippen molar-refractivity contribution in [3.8, 4) is 11.5 Å². The average molecular weight is 744 g/mol. The fourth-order valence-electron chi connectivity index (χ4n) is 4.12. The van der Waals surface area contributed by atoms with Gasteiger partial charge in [0.05, 0.1) is 48.8 Å². The molecular weight excluding hydrogens is 718 g/mol. The third-order valence-corrected chi connectivity index (χ3v) is 8.22. The molecule has 0 aliphatic carbocycles. The molecule has 0 N–H and O–H groups in total. The van der Waals surface area contributed by atoms with Crippen LogP contribution in [0.5, 0.6) is 11.5 Å². The van der Waals surface area contributed by atoms with Gasteiger partial charge in [-0.25, -0.2) is 9.79 Å². The van der Waals surface area contributed by atoms with E-state index in [2.05, 4.69) is 50.2 Å². The van der Waals surface area contributed by atoms with E-state index in [1.165, 1.54) is 11.3 Å². The molecule has 0 radical (unpaired) electrons. The van der Waals surface area contributed by atoms with Crippen LogP contribution in [-0.2, 0) is 9.53 Å². The Morgan fingerprint density at radius 3 is 2.30 bits per heavy atom. The maximum absolute atomic E-state index is 13.8. The molecule has 0 unspecified atom stereocenters. The van der Waals surface area contributed by atoms with Gasteiger partial charge in [-0.1, -0.05) is 23.5 Å². The fourth-order valence-corrected chi connectivity index (χ4v) is 7.29. The zero-order chi connectivity index (χ0) is 26.7. The molecule has 0 saturated carbocycles. The highest BCUT2D eigenvalue weighted by Crippen LogP contribution is 2.32. The Hall–Kier alpha value is -2.19. The number of nitrogens with zero attached hydrogens (tertiary/aromatic N) is 2. The standard InChI is InChI=1S/C27H26I2N2O5S/c1-5-34-18-10-8-17(9-11-18)23-22(26(33)36-7-3)15(4)30-27-31(23)25(32)21(37-27)14-16-12-19(28)24(35-6-2)20(29)13-16/h8-14,23H,5-7H2,1-4H3/b21-14-/t23-/m0/s1. The third kappa shape index (κ3) is 5.80. The van der Waals surface area contributed by atoms with Gasteiger partial charge in [0.15, 0.2) is 4.80 Å². The molecule has 0 amide bonds. The zero-order valence-electron chi connectivity index (χ0n) is 20.8. The molecule has 1 atom stereocenters. The number of halogens is 2. The summed E-state index contributed by atoms with van der Waals surface area (Å²) in [6.45, 7) is 8.77. The number of carbonyl (C=O) groups excluding carboxylic acids is 1. The van der Waals surface area contributed by atoms with E-state index >= 15 is 0 Å². The molecule has 0 spiro atoms. The lowest BCUT2D eigenvalue weighted by Crippen LogP contribution is -2.39. The predicted octanol–water partition coefficient (Wildman–Crippen LogP) is 4.80. The molecule has 7 nitrogen and oxygen atoms in total. The molecule has 37 heavy (non-hydrogen) atoms. The summed E-state index contributed by atoms with van der Waals surface area (Å²) < 4.78 is 20.8. The second-order valence-electron chi connectivity index (χ2n) is 8.05. The van der Waals surface area contributed by atoms with Gasteiger partial charge < -0.3 is 14.2 Å². The van der Waals surface area contributed by atoms with Gasteiger partial charge in [0.2, 0.25) is 0 Å². The normalized spacial score (nSPS) is 15.3. The molecule has 0 bridgehead atoms. The van der Waals surface area contributed by atoms with Crippen molar-refractivity contribution in [2.24, 2.45) is 4.99 Å². The van der Waals surface area contributed by atoms with Gasteiger partial charge in [0, 0.05) is 0 Å². The molecule has 4 rings (SSSR count). The van der Waals surface area contributed by atoms with E-state index in [1.54, 1.807) is 18.4 Å². The second-order valence-corrected chi connectivity index (χ2v) is 11.4. The van der Waals surface area contributed by atoms with Crippen molar-refractivity contribution >= 4 is 68.6 Å². The highest BCUT2D eigenvalue weighted by atomic mass is 127. The van der Waals surface area contributed by atoms with Crippen LogP contribution in [0.2, 0.25) is 0 Å². The van der Waals surface area contributed by atoms with Crippen LogP contribution in [0.3, 0.4) is 0 Å². The predicted molar refractivity (Wildman–Crippen MR) is 161 cm³/mol. The number of thiazole rings is 1. The van der Waals surface area contributed by atoms with Crippen molar-refractivity contribution in [3.05, 3.63) is 85.6 Å². The van der Waals surface area contributed by atoms with Crippen molar-refractivity contribution in [2.45, 2.75) is 33.7 Å². The monoisotopic (exact) mass is 744 g/mol. The first-order chi connectivity index (χ1) is 17.8. The summed E-state index contributed by atoms with van der Waals surface area (Å²) in [6.07, 6.45) is 1.86. The highest BCUT2D eigenvalue weighted by Gasteiger charge is 2.33. The van der Waals surface area contributed by atoms with Crippen LogP contribution in [-0.4, -0.2) is 30.4 Å². The summed E-state index contributed by atoms with van der Waals surface area (Å²) in [5.41, 5.74) is 2.35. The number of hydrogen-bond donors (Lipinski definition) is 0. The molecular formula is C27H26I2N2O5S. The van der Waals surface area contributed by atoms with Gasteiger partial charge in [-0.05, 0) is 114 Å². The quantitative estimate of drug-likeness (QED) is 0.245.